The van der Waals surface area contributed by atoms with E-state index >= 15 is 0 Å². The van der Waals surface area contributed by atoms with Gasteiger partial charge in [0.15, 0.2) is 5.82 Å². The molecule has 1 aliphatic rings. The molecule has 1 atom stereocenters. The molecule has 7 heteroatoms. The van der Waals surface area contributed by atoms with Gasteiger partial charge in [0.2, 0.25) is 0 Å². The van der Waals surface area contributed by atoms with Crippen molar-refractivity contribution in [2.24, 2.45) is 0 Å². The SMILES string of the molecule is COc1ccccc1N1CCN([C@H](C)c2nnnn2C(C)(C)C)CC1. The average Bonchev–Trinajstić information content (AvgIpc) is 3.11. The van der Waals surface area contributed by atoms with Crippen LogP contribution in [0.4, 0.5) is 5.69 Å². The predicted octanol–water partition coefficient (Wildman–Crippen LogP) is 2.32. The maximum atomic E-state index is 5.50. The summed E-state index contributed by atoms with van der Waals surface area (Å²) in [7, 11) is 1.73. The van der Waals surface area contributed by atoms with Gasteiger partial charge in [-0.1, -0.05) is 12.1 Å². The zero-order valence-electron chi connectivity index (χ0n) is 15.8. The molecule has 0 unspecified atom stereocenters. The van der Waals surface area contributed by atoms with Gasteiger partial charge in [-0.2, -0.15) is 0 Å². The van der Waals surface area contributed by atoms with E-state index < -0.39 is 0 Å². The molecule has 1 aromatic carbocycles. The number of piperazine rings is 1. The lowest BCUT2D eigenvalue weighted by molar-refractivity contribution is 0.178. The van der Waals surface area contributed by atoms with Crippen molar-refractivity contribution >= 4 is 5.69 Å². The van der Waals surface area contributed by atoms with Gasteiger partial charge in [-0.25, -0.2) is 4.68 Å². The van der Waals surface area contributed by atoms with Crippen LogP contribution in [-0.4, -0.2) is 58.4 Å². The summed E-state index contributed by atoms with van der Waals surface area (Å²) in [4.78, 5) is 4.83. The van der Waals surface area contributed by atoms with Crippen molar-refractivity contribution in [2.75, 3.05) is 38.2 Å². The second kappa shape index (κ2) is 7.00. The molecule has 1 aromatic heterocycles. The number of para-hydroxylation sites is 2. The molecule has 1 fully saturated rings. The molecule has 0 N–H and O–H groups in total. The largest absolute Gasteiger partial charge is 0.495 e. The van der Waals surface area contributed by atoms with Crippen molar-refractivity contribution in [3.05, 3.63) is 30.1 Å². The van der Waals surface area contributed by atoms with Crippen LogP contribution in [0, 0.1) is 0 Å². The number of rotatable bonds is 4. The van der Waals surface area contributed by atoms with Gasteiger partial charge in [-0.15, -0.1) is 5.10 Å². The molecule has 136 valence electrons. The number of tetrazole rings is 1. The molecule has 0 radical (unpaired) electrons. The Morgan fingerprint density at radius 1 is 1.08 bits per heavy atom. The number of nitrogens with zero attached hydrogens (tertiary/aromatic N) is 6. The first-order valence-corrected chi connectivity index (χ1v) is 8.82. The molecule has 2 heterocycles. The Balaban J connectivity index is 1.69. The first kappa shape index (κ1) is 17.7. The van der Waals surface area contributed by atoms with Crippen molar-refractivity contribution in [2.45, 2.75) is 39.3 Å². The minimum atomic E-state index is -0.119. The van der Waals surface area contributed by atoms with Crippen LogP contribution in [-0.2, 0) is 5.54 Å². The summed E-state index contributed by atoms with van der Waals surface area (Å²) in [5.41, 5.74) is 1.04. The molecule has 0 spiro atoms. The summed E-state index contributed by atoms with van der Waals surface area (Å²) >= 11 is 0. The summed E-state index contributed by atoms with van der Waals surface area (Å²) in [5, 5.41) is 12.4. The molecule has 0 amide bonds. The standard InChI is InChI=1S/C18H28N6O/c1-14(17-19-20-21-24(17)18(2,3)4)22-10-12-23(13-11-22)15-8-6-7-9-16(15)25-5/h6-9,14H,10-13H2,1-5H3/t14-/m1/s1. The second-order valence-corrected chi connectivity index (χ2v) is 7.49. The molecule has 0 aliphatic carbocycles. The Morgan fingerprint density at radius 2 is 1.76 bits per heavy atom. The highest BCUT2D eigenvalue weighted by atomic mass is 16.5. The number of anilines is 1. The van der Waals surface area contributed by atoms with Crippen LogP contribution in [0.3, 0.4) is 0 Å². The van der Waals surface area contributed by atoms with Gasteiger partial charge in [-0.3, -0.25) is 4.90 Å². The Labute approximate surface area is 149 Å². The van der Waals surface area contributed by atoms with Gasteiger partial charge in [0.05, 0.1) is 24.4 Å². The maximum absolute atomic E-state index is 5.50. The van der Waals surface area contributed by atoms with Crippen LogP contribution in [0.2, 0.25) is 0 Å². The summed E-state index contributed by atoms with van der Waals surface area (Å²) in [5.74, 6) is 1.86. The molecule has 0 bridgehead atoms. The molecular formula is C18H28N6O. The van der Waals surface area contributed by atoms with Gasteiger partial charge < -0.3 is 9.64 Å². The summed E-state index contributed by atoms with van der Waals surface area (Å²) < 4.78 is 7.43. The molecule has 0 saturated carbocycles. The monoisotopic (exact) mass is 344 g/mol. The molecule has 25 heavy (non-hydrogen) atoms. The lowest BCUT2D eigenvalue weighted by Gasteiger charge is -2.39. The number of ether oxygens (including phenoxy) is 1. The molecule has 1 saturated heterocycles. The highest BCUT2D eigenvalue weighted by Gasteiger charge is 2.29. The van der Waals surface area contributed by atoms with Gasteiger partial charge in [0.25, 0.3) is 0 Å². The van der Waals surface area contributed by atoms with Crippen LogP contribution in [0.15, 0.2) is 24.3 Å². The lowest BCUT2D eigenvalue weighted by Crippen LogP contribution is -2.48. The number of methoxy groups -OCH3 is 1. The quantitative estimate of drug-likeness (QED) is 0.848. The van der Waals surface area contributed by atoms with E-state index in [-0.39, 0.29) is 11.6 Å². The Bertz CT molecular complexity index is 700. The smallest absolute Gasteiger partial charge is 0.168 e. The Morgan fingerprint density at radius 3 is 2.40 bits per heavy atom. The predicted molar refractivity (Wildman–Crippen MR) is 98.0 cm³/mol. The minimum absolute atomic E-state index is 0.119. The fraction of sp³-hybridized carbons (Fsp3) is 0.611. The minimum Gasteiger partial charge on any atom is -0.495 e. The van der Waals surface area contributed by atoms with E-state index in [2.05, 4.69) is 65.2 Å². The van der Waals surface area contributed by atoms with Crippen LogP contribution in [0.25, 0.3) is 0 Å². The lowest BCUT2D eigenvalue weighted by atomic mass is 10.1. The zero-order valence-corrected chi connectivity index (χ0v) is 15.8. The van der Waals surface area contributed by atoms with Crippen LogP contribution in [0.1, 0.15) is 39.6 Å². The third-order valence-electron chi connectivity index (χ3n) is 4.79. The van der Waals surface area contributed by atoms with Crippen molar-refractivity contribution in [3.63, 3.8) is 0 Å². The molecule has 1 aliphatic heterocycles. The van der Waals surface area contributed by atoms with Gasteiger partial charge >= 0.3 is 0 Å². The van der Waals surface area contributed by atoms with E-state index in [1.807, 2.05) is 16.8 Å². The van der Waals surface area contributed by atoms with Crippen LogP contribution in [0.5, 0.6) is 5.75 Å². The number of hydrogen-bond acceptors (Lipinski definition) is 6. The van der Waals surface area contributed by atoms with E-state index in [4.69, 9.17) is 4.74 Å². The average molecular weight is 344 g/mol. The van der Waals surface area contributed by atoms with Gasteiger partial charge in [0, 0.05) is 26.2 Å². The van der Waals surface area contributed by atoms with E-state index in [0.717, 1.165) is 43.4 Å². The van der Waals surface area contributed by atoms with E-state index in [1.54, 1.807) is 7.11 Å². The van der Waals surface area contributed by atoms with E-state index in [1.165, 1.54) is 0 Å². The summed E-state index contributed by atoms with van der Waals surface area (Å²) in [6, 6.07) is 8.39. The fourth-order valence-electron chi connectivity index (χ4n) is 3.34. The highest BCUT2D eigenvalue weighted by Crippen LogP contribution is 2.30. The molecule has 2 aromatic rings. The highest BCUT2D eigenvalue weighted by molar-refractivity contribution is 5.58. The maximum Gasteiger partial charge on any atom is 0.168 e. The normalized spacial score (nSPS) is 17.6. The third kappa shape index (κ3) is 3.61. The summed E-state index contributed by atoms with van der Waals surface area (Å²) in [6.07, 6.45) is 0. The third-order valence-corrected chi connectivity index (χ3v) is 4.79. The van der Waals surface area contributed by atoms with Gasteiger partial charge in [0.1, 0.15) is 5.75 Å². The van der Waals surface area contributed by atoms with Gasteiger partial charge in [-0.05, 0) is 50.3 Å². The van der Waals surface area contributed by atoms with E-state index in [0.29, 0.717) is 0 Å². The fourth-order valence-corrected chi connectivity index (χ4v) is 3.34. The number of benzene rings is 1. The molecule has 3 rings (SSSR count). The number of aromatic nitrogens is 4. The first-order chi connectivity index (χ1) is 11.9. The van der Waals surface area contributed by atoms with Crippen molar-refractivity contribution < 1.29 is 4.74 Å². The van der Waals surface area contributed by atoms with Crippen LogP contribution < -0.4 is 9.64 Å². The number of hydrogen-bond donors (Lipinski definition) is 0. The first-order valence-electron chi connectivity index (χ1n) is 8.82. The zero-order chi connectivity index (χ0) is 18.0. The topological polar surface area (TPSA) is 59.3 Å². The Hall–Kier alpha value is -2.15. The van der Waals surface area contributed by atoms with E-state index in [9.17, 15) is 0 Å². The Kier molecular flexibility index (Phi) is 4.94. The molecule has 7 nitrogen and oxygen atoms in total. The van der Waals surface area contributed by atoms with Crippen molar-refractivity contribution in [1.29, 1.82) is 0 Å². The second-order valence-electron chi connectivity index (χ2n) is 7.49. The summed E-state index contributed by atoms with van der Waals surface area (Å²) in [6.45, 7) is 12.4. The van der Waals surface area contributed by atoms with Crippen molar-refractivity contribution in [3.8, 4) is 5.75 Å². The molecular weight excluding hydrogens is 316 g/mol. The van der Waals surface area contributed by atoms with Crippen molar-refractivity contribution in [1.82, 2.24) is 25.1 Å². The van der Waals surface area contributed by atoms with Crippen LogP contribution >= 0.6 is 0 Å².